The summed E-state index contributed by atoms with van der Waals surface area (Å²) in [4.78, 5) is 17.2. The smallest absolute Gasteiger partial charge is 0.239 e. The number of pyridine rings is 1. The van der Waals surface area contributed by atoms with Crippen molar-refractivity contribution in [2.75, 3.05) is 30.8 Å². The Bertz CT molecular complexity index is 323. The Morgan fingerprint density at radius 2 is 2.33 bits per heavy atom. The van der Waals surface area contributed by atoms with Gasteiger partial charge in [-0.2, -0.15) is 0 Å². The number of amides is 1. The molecule has 82 valence electrons. The Balaban J connectivity index is 2.57. The number of nitrogens with one attached hydrogen (secondary N) is 1. The van der Waals surface area contributed by atoms with E-state index >= 15 is 0 Å². The van der Waals surface area contributed by atoms with Crippen LogP contribution >= 0.6 is 0 Å². The zero-order valence-electron chi connectivity index (χ0n) is 9.03. The van der Waals surface area contributed by atoms with Crippen LogP contribution in [0.15, 0.2) is 18.3 Å². The highest BCUT2D eigenvalue weighted by molar-refractivity contribution is 5.80. The first-order chi connectivity index (χ1) is 7.13. The van der Waals surface area contributed by atoms with Gasteiger partial charge in [0.25, 0.3) is 0 Å². The number of nitrogens with two attached hydrogens (primary N) is 1. The highest BCUT2D eigenvalue weighted by Crippen LogP contribution is 2.09. The lowest BCUT2D eigenvalue weighted by atomic mass is 10.4. The van der Waals surface area contributed by atoms with Crippen LogP contribution in [0.5, 0.6) is 0 Å². The van der Waals surface area contributed by atoms with Gasteiger partial charge < -0.3 is 16.0 Å². The summed E-state index contributed by atoms with van der Waals surface area (Å²) in [5.74, 6) is 0.717. The lowest BCUT2D eigenvalue weighted by Crippen LogP contribution is -2.35. The van der Waals surface area contributed by atoms with Gasteiger partial charge in [-0.3, -0.25) is 4.79 Å². The van der Waals surface area contributed by atoms with Crippen molar-refractivity contribution in [1.82, 2.24) is 10.3 Å². The van der Waals surface area contributed by atoms with E-state index in [1.54, 1.807) is 23.2 Å². The lowest BCUT2D eigenvalue weighted by molar-refractivity contribution is -0.119. The number of nitrogens with zero attached hydrogens (tertiary/aromatic N) is 2. The minimum Gasteiger partial charge on any atom is -0.397 e. The maximum absolute atomic E-state index is 11.3. The van der Waals surface area contributed by atoms with Crippen LogP contribution in [0.25, 0.3) is 0 Å². The minimum atomic E-state index is -0.0152. The summed E-state index contributed by atoms with van der Waals surface area (Å²) in [6, 6.07) is 3.55. The molecule has 0 fully saturated rings. The molecule has 0 radical (unpaired) electrons. The fraction of sp³-hybridized carbons (Fsp3) is 0.400. The number of rotatable bonds is 4. The molecule has 0 saturated carbocycles. The first-order valence-electron chi connectivity index (χ1n) is 4.83. The number of nitrogen functional groups attached to an aromatic ring is 1. The van der Waals surface area contributed by atoms with Gasteiger partial charge >= 0.3 is 0 Å². The molecule has 1 amide bonds. The number of aromatic nitrogens is 1. The largest absolute Gasteiger partial charge is 0.397 e. The van der Waals surface area contributed by atoms with Crippen LogP contribution in [0.4, 0.5) is 11.5 Å². The Morgan fingerprint density at radius 1 is 1.60 bits per heavy atom. The van der Waals surface area contributed by atoms with Crippen molar-refractivity contribution in [2.45, 2.75) is 6.92 Å². The molecule has 5 heteroatoms. The van der Waals surface area contributed by atoms with Gasteiger partial charge in [-0.1, -0.05) is 0 Å². The van der Waals surface area contributed by atoms with Crippen molar-refractivity contribution in [1.29, 1.82) is 0 Å². The third-order valence-electron chi connectivity index (χ3n) is 1.92. The van der Waals surface area contributed by atoms with Crippen LogP contribution in [-0.4, -0.2) is 31.0 Å². The topological polar surface area (TPSA) is 71.2 Å². The molecule has 0 spiro atoms. The zero-order valence-corrected chi connectivity index (χ0v) is 9.03. The van der Waals surface area contributed by atoms with Gasteiger partial charge in [0.2, 0.25) is 5.91 Å². The van der Waals surface area contributed by atoms with Gasteiger partial charge in [-0.15, -0.1) is 0 Å². The van der Waals surface area contributed by atoms with E-state index in [0.29, 0.717) is 18.8 Å². The highest BCUT2D eigenvalue weighted by atomic mass is 16.2. The molecule has 0 aromatic carbocycles. The highest BCUT2D eigenvalue weighted by Gasteiger charge is 2.06. The second-order valence-corrected chi connectivity index (χ2v) is 3.26. The van der Waals surface area contributed by atoms with Crippen LogP contribution in [0.2, 0.25) is 0 Å². The summed E-state index contributed by atoms with van der Waals surface area (Å²) in [5, 5.41) is 2.72. The zero-order chi connectivity index (χ0) is 11.3. The summed E-state index contributed by atoms with van der Waals surface area (Å²) in [7, 11) is 1.81. The molecule has 1 rings (SSSR count). The SMILES string of the molecule is CCNC(=O)CN(C)c1ccc(N)cn1. The molecule has 3 N–H and O–H groups in total. The van der Waals surface area contributed by atoms with Crippen molar-refractivity contribution < 1.29 is 4.79 Å². The average molecular weight is 208 g/mol. The van der Waals surface area contributed by atoms with Gasteiger partial charge in [-0.25, -0.2) is 4.98 Å². The normalized spacial score (nSPS) is 9.73. The van der Waals surface area contributed by atoms with E-state index in [1.807, 2.05) is 14.0 Å². The van der Waals surface area contributed by atoms with E-state index in [0.717, 1.165) is 5.82 Å². The standard InChI is InChI=1S/C10H16N4O/c1-3-12-10(15)7-14(2)9-5-4-8(11)6-13-9/h4-6H,3,7,11H2,1-2H3,(H,12,15). The number of carbonyl (C=O) groups excluding carboxylic acids is 1. The van der Waals surface area contributed by atoms with E-state index < -0.39 is 0 Å². The van der Waals surface area contributed by atoms with Crippen molar-refractivity contribution in [3.05, 3.63) is 18.3 Å². The van der Waals surface area contributed by atoms with Crippen molar-refractivity contribution in [3.8, 4) is 0 Å². The van der Waals surface area contributed by atoms with E-state index in [2.05, 4.69) is 10.3 Å². The quantitative estimate of drug-likeness (QED) is 0.743. The van der Waals surface area contributed by atoms with E-state index in [4.69, 9.17) is 5.73 Å². The van der Waals surface area contributed by atoms with Crippen LogP contribution in [-0.2, 0) is 4.79 Å². The number of carbonyl (C=O) groups is 1. The molecule has 0 bridgehead atoms. The summed E-state index contributed by atoms with van der Waals surface area (Å²) in [5.41, 5.74) is 6.13. The molecule has 0 aliphatic carbocycles. The third-order valence-corrected chi connectivity index (χ3v) is 1.92. The maximum atomic E-state index is 11.3. The molecule has 1 heterocycles. The molecule has 0 saturated heterocycles. The fourth-order valence-electron chi connectivity index (χ4n) is 1.17. The van der Waals surface area contributed by atoms with Crippen molar-refractivity contribution in [3.63, 3.8) is 0 Å². The molecule has 15 heavy (non-hydrogen) atoms. The predicted molar refractivity (Wildman–Crippen MR) is 60.6 cm³/mol. The van der Waals surface area contributed by atoms with Gasteiger partial charge in [0.05, 0.1) is 18.4 Å². The summed E-state index contributed by atoms with van der Waals surface area (Å²) in [6.07, 6.45) is 1.57. The Hall–Kier alpha value is -1.78. The van der Waals surface area contributed by atoms with Crippen LogP contribution in [0, 0.1) is 0 Å². The van der Waals surface area contributed by atoms with Gasteiger partial charge in [-0.05, 0) is 19.1 Å². The first kappa shape index (κ1) is 11.3. The number of anilines is 2. The average Bonchev–Trinajstić information content (AvgIpc) is 2.18. The van der Waals surface area contributed by atoms with Gasteiger partial charge in [0.1, 0.15) is 5.82 Å². The van der Waals surface area contributed by atoms with Gasteiger partial charge in [0.15, 0.2) is 0 Å². The summed E-state index contributed by atoms with van der Waals surface area (Å²) in [6.45, 7) is 2.83. The fourth-order valence-corrected chi connectivity index (χ4v) is 1.17. The first-order valence-corrected chi connectivity index (χ1v) is 4.83. The summed E-state index contributed by atoms with van der Waals surface area (Å²) >= 11 is 0. The van der Waals surface area contributed by atoms with Crippen LogP contribution in [0.3, 0.4) is 0 Å². The predicted octanol–water partition coefficient (Wildman–Crippen LogP) is 0.236. The Kier molecular flexibility index (Phi) is 3.91. The summed E-state index contributed by atoms with van der Waals surface area (Å²) < 4.78 is 0. The monoisotopic (exact) mass is 208 g/mol. The molecular weight excluding hydrogens is 192 g/mol. The number of likely N-dealkylation sites (N-methyl/N-ethyl adjacent to an activating group) is 2. The second kappa shape index (κ2) is 5.19. The number of hydrogen-bond donors (Lipinski definition) is 2. The Morgan fingerprint density at radius 3 is 2.87 bits per heavy atom. The molecule has 0 aliphatic rings. The van der Waals surface area contributed by atoms with E-state index in [1.165, 1.54) is 0 Å². The van der Waals surface area contributed by atoms with E-state index in [9.17, 15) is 4.79 Å². The van der Waals surface area contributed by atoms with Crippen molar-refractivity contribution in [2.24, 2.45) is 0 Å². The molecular formula is C10H16N4O. The molecule has 0 atom stereocenters. The second-order valence-electron chi connectivity index (χ2n) is 3.26. The van der Waals surface area contributed by atoms with E-state index in [-0.39, 0.29) is 5.91 Å². The van der Waals surface area contributed by atoms with Gasteiger partial charge in [0, 0.05) is 13.6 Å². The molecule has 5 nitrogen and oxygen atoms in total. The Labute approximate surface area is 89.3 Å². The van der Waals surface area contributed by atoms with Crippen LogP contribution < -0.4 is 16.0 Å². The molecule has 1 aromatic heterocycles. The number of hydrogen-bond acceptors (Lipinski definition) is 4. The van der Waals surface area contributed by atoms with Crippen molar-refractivity contribution >= 4 is 17.4 Å². The lowest BCUT2D eigenvalue weighted by Gasteiger charge is -2.17. The minimum absolute atomic E-state index is 0.0152. The maximum Gasteiger partial charge on any atom is 0.239 e. The molecule has 0 aliphatic heterocycles. The molecule has 0 unspecified atom stereocenters. The molecule has 1 aromatic rings. The van der Waals surface area contributed by atoms with Crippen LogP contribution in [0.1, 0.15) is 6.92 Å². The third kappa shape index (κ3) is 3.46.